The van der Waals surface area contributed by atoms with Crippen molar-refractivity contribution in [2.75, 3.05) is 31.7 Å². The topological polar surface area (TPSA) is 71.6 Å². The summed E-state index contributed by atoms with van der Waals surface area (Å²) in [6.45, 7) is 3.40. The summed E-state index contributed by atoms with van der Waals surface area (Å²) in [7, 11) is 1.63. The number of fused-ring (bicyclic) bond motifs is 1. The van der Waals surface area contributed by atoms with Crippen LogP contribution in [0.15, 0.2) is 40.8 Å². The number of nitrogens with zero attached hydrogens (tertiary/aromatic N) is 3. The van der Waals surface area contributed by atoms with Crippen molar-refractivity contribution in [2.45, 2.75) is 6.92 Å². The summed E-state index contributed by atoms with van der Waals surface area (Å²) in [5.74, 6) is 2.08. The van der Waals surface area contributed by atoms with Crippen LogP contribution in [-0.2, 0) is 0 Å². The molecule has 1 aromatic carbocycles. The standard InChI is InChI=1S/C17H19N3O3/c1-3-20(10-11-21)15-9-8-14-17(19-15)23-16(18-14)12-4-6-13(22-2)7-5-12/h4-9,21H,3,10-11H2,1-2H3. The molecule has 2 aromatic heterocycles. The largest absolute Gasteiger partial charge is 0.497 e. The van der Waals surface area contributed by atoms with Crippen LogP contribution in [0.4, 0.5) is 5.82 Å². The number of benzene rings is 1. The second-order valence-electron chi connectivity index (χ2n) is 5.04. The Balaban J connectivity index is 1.94. The lowest BCUT2D eigenvalue weighted by atomic mass is 10.2. The molecule has 0 atom stereocenters. The third-order valence-corrected chi connectivity index (χ3v) is 3.65. The zero-order chi connectivity index (χ0) is 16.2. The van der Waals surface area contributed by atoms with Crippen LogP contribution in [0.25, 0.3) is 22.7 Å². The van der Waals surface area contributed by atoms with E-state index in [-0.39, 0.29) is 6.61 Å². The third-order valence-electron chi connectivity index (χ3n) is 3.65. The molecule has 6 heteroatoms. The molecule has 0 amide bonds. The number of methoxy groups -OCH3 is 1. The second kappa shape index (κ2) is 6.66. The van der Waals surface area contributed by atoms with Crippen LogP contribution in [0, 0.1) is 0 Å². The Morgan fingerprint density at radius 2 is 1.91 bits per heavy atom. The van der Waals surface area contributed by atoms with Crippen LogP contribution in [0.5, 0.6) is 5.75 Å². The lowest BCUT2D eigenvalue weighted by Gasteiger charge is -2.20. The first-order valence-corrected chi connectivity index (χ1v) is 7.53. The number of ether oxygens (including phenoxy) is 1. The van der Waals surface area contributed by atoms with E-state index in [1.807, 2.05) is 48.2 Å². The van der Waals surface area contributed by atoms with Crippen molar-refractivity contribution in [2.24, 2.45) is 0 Å². The van der Waals surface area contributed by atoms with E-state index in [1.54, 1.807) is 7.11 Å². The maximum absolute atomic E-state index is 9.12. The molecule has 23 heavy (non-hydrogen) atoms. The number of aliphatic hydroxyl groups is 1. The molecule has 3 rings (SSSR count). The maximum Gasteiger partial charge on any atom is 0.249 e. The van der Waals surface area contributed by atoms with Gasteiger partial charge in [0.15, 0.2) is 0 Å². The van der Waals surface area contributed by atoms with Gasteiger partial charge in [-0.25, -0.2) is 4.98 Å². The highest BCUT2D eigenvalue weighted by molar-refractivity contribution is 5.74. The molecule has 0 unspecified atom stereocenters. The molecule has 3 aromatic rings. The van der Waals surface area contributed by atoms with Crippen molar-refractivity contribution in [3.8, 4) is 17.2 Å². The van der Waals surface area contributed by atoms with Gasteiger partial charge in [-0.1, -0.05) is 0 Å². The van der Waals surface area contributed by atoms with Crippen LogP contribution in [0.2, 0.25) is 0 Å². The molecule has 2 heterocycles. The molecule has 0 spiro atoms. The molecule has 0 aliphatic carbocycles. The maximum atomic E-state index is 9.12. The smallest absolute Gasteiger partial charge is 0.249 e. The van der Waals surface area contributed by atoms with Crippen LogP contribution in [0.3, 0.4) is 0 Å². The van der Waals surface area contributed by atoms with Crippen molar-refractivity contribution in [1.82, 2.24) is 9.97 Å². The predicted octanol–water partition coefficient (Wildman–Crippen LogP) is 2.72. The second-order valence-corrected chi connectivity index (χ2v) is 5.04. The number of aliphatic hydroxyl groups excluding tert-OH is 1. The summed E-state index contributed by atoms with van der Waals surface area (Å²) in [5, 5.41) is 9.12. The molecule has 0 saturated carbocycles. The minimum Gasteiger partial charge on any atom is -0.497 e. The zero-order valence-electron chi connectivity index (χ0n) is 13.2. The molecule has 0 aliphatic heterocycles. The fraction of sp³-hybridized carbons (Fsp3) is 0.294. The summed E-state index contributed by atoms with van der Waals surface area (Å²) >= 11 is 0. The van der Waals surface area contributed by atoms with Gasteiger partial charge in [-0.3, -0.25) is 0 Å². The Labute approximate surface area is 134 Å². The van der Waals surface area contributed by atoms with E-state index in [9.17, 15) is 0 Å². The quantitative estimate of drug-likeness (QED) is 0.754. The predicted molar refractivity (Wildman–Crippen MR) is 88.8 cm³/mol. The molecule has 0 saturated heterocycles. The van der Waals surface area contributed by atoms with Gasteiger partial charge in [0.25, 0.3) is 0 Å². The molecule has 0 bridgehead atoms. The van der Waals surface area contributed by atoms with Crippen molar-refractivity contribution in [3.63, 3.8) is 0 Å². The molecule has 0 aliphatic rings. The molecule has 0 fully saturated rings. The lowest BCUT2D eigenvalue weighted by molar-refractivity contribution is 0.302. The molecular formula is C17H19N3O3. The monoisotopic (exact) mass is 313 g/mol. The van der Waals surface area contributed by atoms with E-state index in [0.29, 0.717) is 23.7 Å². The molecule has 120 valence electrons. The first-order chi connectivity index (χ1) is 11.2. The summed E-state index contributed by atoms with van der Waals surface area (Å²) in [5.41, 5.74) is 2.07. The highest BCUT2D eigenvalue weighted by Gasteiger charge is 2.12. The van der Waals surface area contributed by atoms with Gasteiger partial charge >= 0.3 is 0 Å². The van der Waals surface area contributed by atoms with Crippen molar-refractivity contribution < 1.29 is 14.3 Å². The van der Waals surface area contributed by atoms with E-state index >= 15 is 0 Å². The Hall–Kier alpha value is -2.60. The van der Waals surface area contributed by atoms with E-state index in [2.05, 4.69) is 9.97 Å². The fourth-order valence-electron chi connectivity index (χ4n) is 2.40. The Bertz CT molecular complexity index is 783. The van der Waals surface area contributed by atoms with Crippen LogP contribution >= 0.6 is 0 Å². The number of aromatic nitrogens is 2. The van der Waals surface area contributed by atoms with Crippen molar-refractivity contribution >= 4 is 17.0 Å². The van der Waals surface area contributed by atoms with Crippen molar-refractivity contribution in [1.29, 1.82) is 0 Å². The first-order valence-electron chi connectivity index (χ1n) is 7.53. The van der Waals surface area contributed by atoms with Crippen LogP contribution in [0.1, 0.15) is 6.92 Å². The SMILES string of the molecule is CCN(CCO)c1ccc2nc(-c3ccc(OC)cc3)oc2n1. The average molecular weight is 313 g/mol. The van der Waals surface area contributed by atoms with Crippen molar-refractivity contribution in [3.05, 3.63) is 36.4 Å². The number of likely N-dealkylation sites (N-methyl/N-ethyl adjacent to an activating group) is 1. The van der Waals surface area contributed by atoms with Gasteiger partial charge in [0.1, 0.15) is 17.1 Å². The highest BCUT2D eigenvalue weighted by Crippen LogP contribution is 2.26. The first kappa shape index (κ1) is 15.3. The Kier molecular flexibility index (Phi) is 4.43. The highest BCUT2D eigenvalue weighted by atomic mass is 16.5. The van der Waals surface area contributed by atoms with E-state index < -0.39 is 0 Å². The summed E-state index contributed by atoms with van der Waals surface area (Å²) in [6.07, 6.45) is 0. The number of anilines is 1. The Morgan fingerprint density at radius 3 is 2.57 bits per heavy atom. The van der Waals surface area contributed by atoms with E-state index in [1.165, 1.54) is 0 Å². The number of hydrogen-bond donors (Lipinski definition) is 1. The third kappa shape index (κ3) is 3.12. The molecule has 1 N–H and O–H groups in total. The fourth-order valence-corrected chi connectivity index (χ4v) is 2.40. The molecular weight excluding hydrogens is 294 g/mol. The van der Waals surface area contributed by atoms with E-state index in [4.69, 9.17) is 14.3 Å². The number of rotatable bonds is 6. The van der Waals surface area contributed by atoms with Crippen LogP contribution in [-0.4, -0.2) is 41.9 Å². The van der Waals surface area contributed by atoms with Gasteiger partial charge in [0.05, 0.1) is 13.7 Å². The van der Waals surface area contributed by atoms with E-state index in [0.717, 1.165) is 23.7 Å². The summed E-state index contributed by atoms with van der Waals surface area (Å²) in [4.78, 5) is 11.0. The van der Waals surface area contributed by atoms with Gasteiger partial charge in [0, 0.05) is 18.7 Å². The van der Waals surface area contributed by atoms with Gasteiger partial charge in [-0.05, 0) is 43.3 Å². The number of oxazole rings is 1. The number of hydrogen-bond acceptors (Lipinski definition) is 6. The minimum atomic E-state index is 0.0844. The van der Waals surface area contributed by atoms with Crippen LogP contribution < -0.4 is 9.64 Å². The normalized spacial score (nSPS) is 10.9. The van der Waals surface area contributed by atoms with Gasteiger partial charge in [-0.15, -0.1) is 0 Å². The van der Waals surface area contributed by atoms with Gasteiger partial charge < -0.3 is 19.2 Å². The van der Waals surface area contributed by atoms with Gasteiger partial charge in [-0.2, -0.15) is 4.98 Å². The summed E-state index contributed by atoms with van der Waals surface area (Å²) < 4.78 is 10.9. The zero-order valence-corrected chi connectivity index (χ0v) is 13.2. The Morgan fingerprint density at radius 1 is 1.13 bits per heavy atom. The summed E-state index contributed by atoms with van der Waals surface area (Å²) in [6, 6.07) is 11.3. The number of pyridine rings is 1. The van der Waals surface area contributed by atoms with Gasteiger partial charge in [0.2, 0.25) is 11.6 Å². The minimum absolute atomic E-state index is 0.0844. The molecule has 6 nitrogen and oxygen atoms in total. The molecule has 0 radical (unpaired) electrons. The average Bonchev–Trinajstić information content (AvgIpc) is 3.03. The lowest BCUT2D eigenvalue weighted by Crippen LogP contribution is -2.26.